The van der Waals surface area contributed by atoms with Gasteiger partial charge in [0.2, 0.25) is 5.88 Å². The van der Waals surface area contributed by atoms with Crippen molar-refractivity contribution >= 4 is 11.7 Å². The van der Waals surface area contributed by atoms with Crippen molar-refractivity contribution < 1.29 is 18.7 Å². The fourth-order valence-corrected chi connectivity index (χ4v) is 6.06. The van der Waals surface area contributed by atoms with Crippen LogP contribution in [0.15, 0.2) is 37.1 Å². The lowest BCUT2D eigenvalue weighted by molar-refractivity contribution is -0.0371. The van der Waals surface area contributed by atoms with Gasteiger partial charge in [0.05, 0.1) is 17.5 Å². The standard InChI is InChI=1S/C29H34FN7O3.C2H6/c1-4-37(18(2)3)28(38)21-9-19(30)5-6-24(21)40-25-13-32-16-34-26(25)36-14-29(15-36)10-20(11-29)39-27-22-12-31-8-7-23(22)33-17-35-27;1-2/h5-6,9,13,16-18,20,31H,4,7-8,10-12,14-15H2,1-3H3;1-2H3. The van der Waals surface area contributed by atoms with Crippen LogP contribution in [0.1, 0.15) is 69.1 Å². The highest BCUT2D eigenvalue weighted by Gasteiger charge is 2.54. The number of benzene rings is 1. The zero-order chi connectivity index (χ0) is 29.9. The Hall–Kier alpha value is -3.86. The monoisotopic (exact) mass is 577 g/mol. The Balaban J connectivity index is 0.00000173. The predicted molar refractivity (Wildman–Crippen MR) is 157 cm³/mol. The van der Waals surface area contributed by atoms with E-state index in [2.05, 4.69) is 30.2 Å². The molecule has 3 aromatic rings. The molecule has 0 unspecified atom stereocenters. The van der Waals surface area contributed by atoms with E-state index in [0.717, 1.165) is 56.7 Å². The molecule has 1 spiro atoms. The maximum atomic E-state index is 14.2. The van der Waals surface area contributed by atoms with Gasteiger partial charge >= 0.3 is 0 Å². The van der Waals surface area contributed by atoms with Crippen molar-refractivity contribution in [2.45, 2.75) is 72.6 Å². The van der Waals surface area contributed by atoms with E-state index in [9.17, 15) is 9.18 Å². The molecule has 0 radical (unpaired) electrons. The Morgan fingerprint density at radius 1 is 1.17 bits per heavy atom. The first kappa shape index (κ1) is 29.6. The molecule has 10 nitrogen and oxygen atoms in total. The van der Waals surface area contributed by atoms with E-state index in [-0.39, 0.29) is 34.8 Å². The zero-order valence-corrected chi connectivity index (χ0v) is 25.1. The third kappa shape index (κ3) is 5.88. The number of amides is 1. The SMILES string of the molecule is CC.CCN(C(=O)c1cc(F)ccc1Oc1cncnc1N1CC2(CC(Oc3ncnc4c3CNCC4)C2)C1)C(C)C. The second kappa shape index (κ2) is 12.6. The summed E-state index contributed by atoms with van der Waals surface area (Å²) in [6.07, 6.45) is 7.57. The maximum absolute atomic E-state index is 14.2. The smallest absolute Gasteiger partial charge is 0.257 e. The molecule has 2 aromatic heterocycles. The Bertz CT molecular complexity index is 1410. The first-order chi connectivity index (χ1) is 20.4. The lowest BCUT2D eigenvalue weighted by Gasteiger charge is -2.58. The topological polar surface area (TPSA) is 106 Å². The molecule has 224 valence electrons. The van der Waals surface area contributed by atoms with Gasteiger partial charge in [0, 0.05) is 56.2 Å². The third-order valence-corrected chi connectivity index (χ3v) is 8.06. The summed E-state index contributed by atoms with van der Waals surface area (Å²) in [7, 11) is 0. The zero-order valence-electron chi connectivity index (χ0n) is 25.1. The molecule has 0 bridgehead atoms. The fraction of sp³-hybridized carbons (Fsp3) is 0.516. The first-order valence-electron chi connectivity index (χ1n) is 14.9. The molecule has 0 atom stereocenters. The van der Waals surface area contributed by atoms with E-state index in [0.29, 0.717) is 24.0 Å². The van der Waals surface area contributed by atoms with Crippen LogP contribution in [0, 0.1) is 11.2 Å². The van der Waals surface area contributed by atoms with Crippen molar-refractivity contribution in [3.8, 4) is 17.4 Å². The average molecular weight is 578 g/mol. The summed E-state index contributed by atoms with van der Waals surface area (Å²) in [5, 5.41) is 3.37. The number of halogens is 1. The molecule has 1 aromatic carbocycles. The highest BCUT2D eigenvalue weighted by Crippen LogP contribution is 2.52. The number of anilines is 1. The van der Waals surface area contributed by atoms with Crippen molar-refractivity contribution in [3.63, 3.8) is 0 Å². The molecule has 11 heteroatoms. The van der Waals surface area contributed by atoms with Crippen molar-refractivity contribution in [1.29, 1.82) is 0 Å². The normalized spacial score (nSPS) is 17.0. The van der Waals surface area contributed by atoms with E-state index in [1.165, 1.54) is 24.5 Å². The molecule has 1 saturated heterocycles. The Kier molecular flexibility index (Phi) is 8.86. The largest absolute Gasteiger partial charge is 0.474 e. The number of hydrogen-bond acceptors (Lipinski definition) is 9. The molecule has 1 saturated carbocycles. The molecule has 42 heavy (non-hydrogen) atoms. The number of ether oxygens (including phenoxy) is 2. The highest BCUT2D eigenvalue weighted by atomic mass is 19.1. The highest BCUT2D eigenvalue weighted by molar-refractivity contribution is 5.97. The van der Waals surface area contributed by atoms with Crippen molar-refractivity contribution in [2.75, 3.05) is 31.1 Å². The molecular formula is C31H40FN7O3. The number of nitrogens with zero attached hydrogens (tertiary/aromatic N) is 6. The van der Waals surface area contributed by atoms with Crippen LogP contribution >= 0.6 is 0 Å². The van der Waals surface area contributed by atoms with Gasteiger partial charge < -0.3 is 24.6 Å². The summed E-state index contributed by atoms with van der Waals surface area (Å²) in [5.74, 6) is 1.28. The van der Waals surface area contributed by atoms with Crippen LogP contribution in [-0.2, 0) is 13.0 Å². The van der Waals surface area contributed by atoms with Gasteiger partial charge in [-0.25, -0.2) is 24.3 Å². The second-order valence-corrected chi connectivity index (χ2v) is 11.2. The Morgan fingerprint density at radius 2 is 1.95 bits per heavy atom. The lowest BCUT2D eigenvalue weighted by Crippen LogP contribution is -2.65. The van der Waals surface area contributed by atoms with Crippen LogP contribution in [0.5, 0.6) is 17.4 Å². The van der Waals surface area contributed by atoms with Gasteiger partial charge in [-0.1, -0.05) is 13.8 Å². The van der Waals surface area contributed by atoms with Crippen LogP contribution < -0.4 is 19.7 Å². The summed E-state index contributed by atoms with van der Waals surface area (Å²) in [6, 6.07) is 3.97. The number of rotatable bonds is 8. The minimum absolute atomic E-state index is 0.0341. The van der Waals surface area contributed by atoms with Gasteiger partial charge in [0.25, 0.3) is 5.91 Å². The number of carbonyl (C=O) groups excluding carboxylic acids is 1. The van der Waals surface area contributed by atoms with Crippen LogP contribution in [0.2, 0.25) is 0 Å². The van der Waals surface area contributed by atoms with Gasteiger partial charge in [0.15, 0.2) is 11.6 Å². The molecule has 4 heterocycles. The van der Waals surface area contributed by atoms with Gasteiger partial charge in [-0.15, -0.1) is 0 Å². The molecule has 1 aliphatic carbocycles. The van der Waals surface area contributed by atoms with E-state index in [1.54, 1.807) is 17.4 Å². The number of carbonyl (C=O) groups is 1. The van der Waals surface area contributed by atoms with Crippen molar-refractivity contribution in [3.05, 3.63) is 59.7 Å². The van der Waals surface area contributed by atoms with Crippen LogP contribution in [-0.4, -0.2) is 69.1 Å². The van der Waals surface area contributed by atoms with E-state index >= 15 is 0 Å². The number of fused-ring (bicyclic) bond motifs is 1. The molecule has 6 rings (SSSR count). The van der Waals surface area contributed by atoms with Crippen molar-refractivity contribution in [2.24, 2.45) is 5.41 Å². The first-order valence-corrected chi connectivity index (χ1v) is 14.9. The summed E-state index contributed by atoms with van der Waals surface area (Å²) in [4.78, 5) is 34.5. The maximum Gasteiger partial charge on any atom is 0.257 e. The molecule has 1 amide bonds. The summed E-state index contributed by atoms with van der Waals surface area (Å²) in [5.41, 5.74) is 2.48. The molecule has 2 aliphatic heterocycles. The second-order valence-electron chi connectivity index (χ2n) is 11.2. The van der Waals surface area contributed by atoms with E-state index < -0.39 is 5.82 Å². The number of hydrogen-bond donors (Lipinski definition) is 1. The lowest BCUT2D eigenvalue weighted by atomic mass is 9.61. The van der Waals surface area contributed by atoms with Gasteiger partial charge in [0.1, 0.15) is 30.3 Å². The number of nitrogens with one attached hydrogen (secondary N) is 1. The Labute approximate surface area is 246 Å². The fourth-order valence-electron chi connectivity index (χ4n) is 6.06. The summed E-state index contributed by atoms with van der Waals surface area (Å²) in [6.45, 7) is 13.6. The average Bonchev–Trinajstić information content (AvgIpc) is 2.96. The molecular weight excluding hydrogens is 537 g/mol. The quantitative estimate of drug-likeness (QED) is 0.405. The molecule has 3 aliphatic rings. The van der Waals surface area contributed by atoms with Crippen molar-refractivity contribution in [1.82, 2.24) is 30.2 Å². The Morgan fingerprint density at radius 3 is 2.69 bits per heavy atom. The number of aromatic nitrogens is 4. The van der Waals surface area contributed by atoms with Crippen LogP contribution in [0.4, 0.5) is 10.2 Å². The summed E-state index contributed by atoms with van der Waals surface area (Å²) < 4.78 is 26.7. The van der Waals surface area contributed by atoms with E-state index in [4.69, 9.17) is 9.47 Å². The van der Waals surface area contributed by atoms with Crippen LogP contribution in [0.3, 0.4) is 0 Å². The van der Waals surface area contributed by atoms with E-state index in [1.807, 2.05) is 34.6 Å². The predicted octanol–water partition coefficient (Wildman–Crippen LogP) is 4.79. The van der Waals surface area contributed by atoms with Gasteiger partial charge in [-0.3, -0.25) is 4.79 Å². The minimum Gasteiger partial charge on any atom is -0.474 e. The summed E-state index contributed by atoms with van der Waals surface area (Å²) >= 11 is 0. The minimum atomic E-state index is -0.495. The third-order valence-electron chi connectivity index (χ3n) is 8.06. The molecule has 1 N–H and O–H groups in total. The van der Waals surface area contributed by atoms with Crippen LogP contribution in [0.25, 0.3) is 0 Å². The molecule has 2 fully saturated rings. The van der Waals surface area contributed by atoms with Gasteiger partial charge in [-0.05, 0) is 51.8 Å². The van der Waals surface area contributed by atoms with Gasteiger partial charge in [-0.2, -0.15) is 0 Å².